The fraction of sp³-hybridized carbons (Fsp3) is 0.316. The first-order chi connectivity index (χ1) is 12.6. The Morgan fingerprint density at radius 1 is 1.23 bits per heavy atom. The zero-order valence-electron chi connectivity index (χ0n) is 14.6. The summed E-state index contributed by atoms with van der Waals surface area (Å²) in [7, 11) is 2.12. The van der Waals surface area contributed by atoms with Crippen LogP contribution in [0.15, 0.2) is 47.4 Å². The lowest BCUT2D eigenvalue weighted by molar-refractivity contribution is 0.102. The Labute approximate surface area is 150 Å². The van der Waals surface area contributed by atoms with Crippen LogP contribution in [0.3, 0.4) is 0 Å². The molecule has 1 saturated heterocycles. The third kappa shape index (κ3) is 3.25. The lowest BCUT2D eigenvalue weighted by Gasteiger charge is -2.28. The number of carbonyl (C=O) groups is 1. The molecule has 1 aliphatic heterocycles. The summed E-state index contributed by atoms with van der Waals surface area (Å²) in [6, 6.07) is 10.7. The monoisotopic (exact) mass is 351 g/mol. The van der Waals surface area contributed by atoms with E-state index in [9.17, 15) is 9.59 Å². The van der Waals surface area contributed by atoms with Crippen LogP contribution in [0, 0.1) is 0 Å². The van der Waals surface area contributed by atoms with Gasteiger partial charge in [0.05, 0.1) is 11.6 Å². The van der Waals surface area contributed by atoms with Gasteiger partial charge >= 0.3 is 0 Å². The number of benzene rings is 1. The van der Waals surface area contributed by atoms with Crippen LogP contribution >= 0.6 is 0 Å². The van der Waals surface area contributed by atoms with Gasteiger partial charge in [-0.3, -0.25) is 14.3 Å². The van der Waals surface area contributed by atoms with Crippen molar-refractivity contribution in [1.29, 1.82) is 0 Å². The van der Waals surface area contributed by atoms with E-state index >= 15 is 0 Å². The highest BCUT2D eigenvalue weighted by atomic mass is 16.2. The van der Waals surface area contributed by atoms with Crippen molar-refractivity contribution in [2.45, 2.75) is 18.9 Å². The Bertz CT molecular complexity index is 998. The molecular weight excluding hydrogens is 330 g/mol. The SMILES string of the molecule is CN1CCC(n2ccc(NC(=O)c3cc(=O)[nH]c4ccccc34)n2)CC1. The predicted molar refractivity (Wildman–Crippen MR) is 101 cm³/mol. The first-order valence-electron chi connectivity index (χ1n) is 8.77. The quantitative estimate of drug-likeness (QED) is 0.758. The van der Waals surface area contributed by atoms with E-state index in [1.165, 1.54) is 6.07 Å². The van der Waals surface area contributed by atoms with Crippen LogP contribution in [-0.4, -0.2) is 45.7 Å². The fourth-order valence-corrected chi connectivity index (χ4v) is 3.44. The number of hydrogen-bond donors (Lipinski definition) is 2. The van der Waals surface area contributed by atoms with E-state index in [4.69, 9.17) is 0 Å². The Balaban J connectivity index is 1.55. The zero-order chi connectivity index (χ0) is 18.1. The number of likely N-dealkylation sites (tertiary alicyclic amines) is 1. The number of amides is 1. The molecule has 0 radical (unpaired) electrons. The largest absolute Gasteiger partial charge is 0.322 e. The second-order valence-electron chi connectivity index (χ2n) is 6.76. The third-order valence-electron chi connectivity index (χ3n) is 4.91. The van der Waals surface area contributed by atoms with Crippen molar-refractivity contribution in [3.63, 3.8) is 0 Å². The van der Waals surface area contributed by atoms with Crippen LogP contribution in [0.2, 0.25) is 0 Å². The highest BCUT2D eigenvalue weighted by Crippen LogP contribution is 2.22. The molecule has 2 N–H and O–H groups in total. The maximum atomic E-state index is 12.7. The Morgan fingerprint density at radius 3 is 2.81 bits per heavy atom. The third-order valence-corrected chi connectivity index (χ3v) is 4.91. The molecule has 3 aromatic rings. The standard InChI is InChI=1S/C19H21N5O2/c1-23-9-6-13(7-10-23)24-11-8-17(22-24)21-19(26)15-12-18(25)20-16-5-3-2-4-14(15)16/h2-5,8,11-13H,6-7,9-10H2,1H3,(H,20,25)(H,21,22,26). The van der Waals surface area contributed by atoms with Gasteiger partial charge in [-0.05, 0) is 39.0 Å². The first kappa shape index (κ1) is 16.5. The van der Waals surface area contributed by atoms with Gasteiger partial charge in [0.1, 0.15) is 0 Å². The van der Waals surface area contributed by atoms with Crippen molar-refractivity contribution >= 4 is 22.6 Å². The number of aromatic nitrogens is 3. The Hall–Kier alpha value is -2.93. The van der Waals surface area contributed by atoms with Crippen LogP contribution < -0.4 is 10.9 Å². The lowest BCUT2D eigenvalue weighted by atomic mass is 10.1. The number of aromatic amines is 1. The molecule has 0 bridgehead atoms. The molecule has 3 heterocycles. The fourth-order valence-electron chi connectivity index (χ4n) is 3.44. The zero-order valence-corrected chi connectivity index (χ0v) is 14.6. The maximum absolute atomic E-state index is 12.7. The number of carbonyl (C=O) groups excluding carboxylic acids is 1. The van der Waals surface area contributed by atoms with Crippen molar-refractivity contribution in [3.8, 4) is 0 Å². The molecule has 4 rings (SSSR count). The van der Waals surface area contributed by atoms with E-state index in [1.807, 2.05) is 29.1 Å². The van der Waals surface area contributed by atoms with E-state index < -0.39 is 0 Å². The maximum Gasteiger partial charge on any atom is 0.257 e. The molecule has 1 fully saturated rings. The average molecular weight is 351 g/mol. The molecule has 0 saturated carbocycles. The van der Waals surface area contributed by atoms with E-state index in [-0.39, 0.29) is 11.5 Å². The molecule has 1 aromatic carbocycles. The number of H-pyrrole nitrogens is 1. The van der Waals surface area contributed by atoms with Crippen molar-refractivity contribution in [3.05, 3.63) is 58.5 Å². The molecule has 0 spiro atoms. The number of nitrogens with one attached hydrogen (secondary N) is 2. The Morgan fingerprint density at radius 2 is 2.00 bits per heavy atom. The van der Waals surface area contributed by atoms with Gasteiger partial charge in [-0.15, -0.1) is 0 Å². The van der Waals surface area contributed by atoms with Crippen molar-refractivity contribution in [1.82, 2.24) is 19.7 Å². The molecule has 0 atom stereocenters. The predicted octanol–water partition coefficient (Wildman–Crippen LogP) is 2.24. The van der Waals surface area contributed by atoms with Gasteiger partial charge in [0.25, 0.3) is 5.91 Å². The van der Waals surface area contributed by atoms with E-state index in [0.717, 1.165) is 25.9 Å². The number of fused-ring (bicyclic) bond motifs is 1. The molecule has 1 aliphatic rings. The summed E-state index contributed by atoms with van der Waals surface area (Å²) in [5.74, 6) is 0.166. The summed E-state index contributed by atoms with van der Waals surface area (Å²) < 4.78 is 1.93. The summed E-state index contributed by atoms with van der Waals surface area (Å²) in [6.45, 7) is 2.09. The number of nitrogens with zero attached hydrogens (tertiary/aromatic N) is 3. The second-order valence-corrected chi connectivity index (χ2v) is 6.76. The van der Waals surface area contributed by atoms with Crippen LogP contribution in [0.4, 0.5) is 5.82 Å². The van der Waals surface area contributed by atoms with E-state index in [2.05, 4.69) is 27.3 Å². The van der Waals surface area contributed by atoms with Crippen LogP contribution in [0.25, 0.3) is 10.9 Å². The topological polar surface area (TPSA) is 83.0 Å². The highest BCUT2D eigenvalue weighted by molar-refractivity contribution is 6.11. The molecule has 7 heteroatoms. The van der Waals surface area contributed by atoms with Crippen LogP contribution in [0.1, 0.15) is 29.2 Å². The van der Waals surface area contributed by atoms with Gasteiger partial charge < -0.3 is 15.2 Å². The number of piperidine rings is 1. The Kier molecular flexibility index (Phi) is 4.30. The molecule has 7 nitrogen and oxygen atoms in total. The molecular formula is C19H21N5O2. The van der Waals surface area contributed by atoms with Crippen molar-refractivity contribution < 1.29 is 4.79 Å². The molecule has 2 aromatic heterocycles. The summed E-state index contributed by atoms with van der Waals surface area (Å²) in [4.78, 5) is 29.6. The molecule has 26 heavy (non-hydrogen) atoms. The molecule has 0 unspecified atom stereocenters. The van der Waals surface area contributed by atoms with Crippen LogP contribution in [0.5, 0.6) is 0 Å². The minimum absolute atomic E-state index is 0.300. The molecule has 0 aliphatic carbocycles. The number of rotatable bonds is 3. The van der Waals surface area contributed by atoms with Crippen molar-refractivity contribution in [2.75, 3.05) is 25.5 Å². The smallest absolute Gasteiger partial charge is 0.257 e. The van der Waals surface area contributed by atoms with Gasteiger partial charge in [0, 0.05) is 29.2 Å². The number of pyridine rings is 1. The lowest BCUT2D eigenvalue weighted by Crippen LogP contribution is -2.31. The number of para-hydroxylation sites is 1. The van der Waals surface area contributed by atoms with E-state index in [0.29, 0.717) is 28.3 Å². The van der Waals surface area contributed by atoms with Crippen LogP contribution in [-0.2, 0) is 0 Å². The minimum atomic E-state index is -0.332. The van der Waals surface area contributed by atoms with Gasteiger partial charge in [-0.2, -0.15) is 5.10 Å². The van der Waals surface area contributed by atoms with Crippen molar-refractivity contribution in [2.24, 2.45) is 0 Å². The first-order valence-corrected chi connectivity index (χ1v) is 8.77. The normalized spacial score (nSPS) is 16.0. The van der Waals surface area contributed by atoms with Gasteiger partial charge in [-0.1, -0.05) is 18.2 Å². The highest BCUT2D eigenvalue weighted by Gasteiger charge is 2.19. The van der Waals surface area contributed by atoms with Gasteiger partial charge in [0.15, 0.2) is 5.82 Å². The van der Waals surface area contributed by atoms with Gasteiger partial charge in [0.2, 0.25) is 5.56 Å². The number of hydrogen-bond acceptors (Lipinski definition) is 4. The summed E-state index contributed by atoms with van der Waals surface area (Å²) in [5.41, 5.74) is 0.686. The second kappa shape index (κ2) is 6.76. The number of anilines is 1. The summed E-state index contributed by atoms with van der Waals surface area (Å²) in [5, 5.41) is 8.03. The minimum Gasteiger partial charge on any atom is -0.322 e. The van der Waals surface area contributed by atoms with E-state index in [1.54, 1.807) is 12.1 Å². The molecule has 1 amide bonds. The molecule has 134 valence electrons. The summed E-state index contributed by atoms with van der Waals surface area (Å²) >= 11 is 0. The average Bonchev–Trinajstić information content (AvgIpc) is 3.10. The summed E-state index contributed by atoms with van der Waals surface area (Å²) in [6.07, 6.45) is 4.00. The van der Waals surface area contributed by atoms with Gasteiger partial charge in [-0.25, -0.2) is 0 Å².